The molecule has 1 heterocycles. The number of ether oxygens (including phenoxy) is 1. The number of benzene rings is 1. The molecule has 0 spiro atoms. The lowest BCUT2D eigenvalue weighted by molar-refractivity contribution is -0.148. The number of nitrogens with zero attached hydrogens (tertiary/aromatic N) is 1. The van der Waals surface area contributed by atoms with Crippen LogP contribution >= 0.6 is 0 Å². The summed E-state index contributed by atoms with van der Waals surface area (Å²) >= 11 is 0. The summed E-state index contributed by atoms with van der Waals surface area (Å²) in [4.78, 5) is 13.2. The number of rotatable bonds is 4. The first-order chi connectivity index (χ1) is 8.99. The number of halogens is 1. The molecular weight excluding hydrogens is 249 g/mol. The van der Waals surface area contributed by atoms with Crippen molar-refractivity contribution in [2.75, 3.05) is 13.7 Å². The van der Waals surface area contributed by atoms with Crippen molar-refractivity contribution in [1.82, 2.24) is 4.90 Å². The first kappa shape index (κ1) is 13.8. The summed E-state index contributed by atoms with van der Waals surface area (Å²) in [6.45, 7) is 2.64. The van der Waals surface area contributed by atoms with E-state index in [1.807, 2.05) is 4.90 Å². The lowest BCUT2D eigenvalue weighted by Gasteiger charge is -2.31. The number of likely N-dealkylation sites (tertiary alicyclic amines) is 1. The van der Waals surface area contributed by atoms with Crippen LogP contribution in [0.5, 0.6) is 5.75 Å². The highest BCUT2D eigenvalue weighted by Gasteiger charge is 2.43. The van der Waals surface area contributed by atoms with E-state index in [1.165, 1.54) is 7.11 Å². The second kappa shape index (κ2) is 5.17. The molecule has 0 aromatic heterocycles. The van der Waals surface area contributed by atoms with Gasteiger partial charge in [-0.1, -0.05) is 12.1 Å². The number of carboxylic acid groups (broad SMARTS) is 1. The van der Waals surface area contributed by atoms with Crippen molar-refractivity contribution < 1.29 is 19.0 Å². The molecule has 5 heteroatoms. The standard InChI is InChI=1S/C14H18FNO3/c1-14(13(17)18)7-4-8-16(14)9-10-5-3-6-11(19-2)12(10)15/h3,5-6H,4,7-9H2,1-2H3,(H,17,18). The van der Waals surface area contributed by atoms with Gasteiger partial charge in [-0.05, 0) is 32.4 Å². The third-order valence-electron chi connectivity index (χ3n) is 3.87. The summed E-state index contributed by atoms with van der Waals surface area (Å²) in [5.74, 6) is -1.08. The Balaban J connectivity index is 2.24. The fourth-order valence-corrected chi connectivity index (χ4v) is 2.56. The van der Waals surface area contributed by atoms with E-state index in [0.29, 0.717) is 18.5 Å². The number of hydrogen-bond donors (Lipinski definition) is 1. The molecule has 104 valence electrons. The van der Waals surface area contributed by atoms with Crippen LogP contribution in [0.1, 0.15) is 25.3 Å². The maximum Gasteiger partial charge on any atom is 0.323 e. The predicted octanol–water partition coefficient (Wildman–Crippen LogP) is 2.27. The van der Waals surface area contributed by atoms with Crippen LogP contribution in [0, 0.1) is 5.82 Å². The van der Waals surface area contributed by atoms with Gasteiger partial charge < -0.3 is 9.84 Å². The van der Waals surface area contributed by atoms with Crippen molar-refractivity contribution in [2.24, 2.45) is 0 Å². The summed E-state index contributed by atoms with van der Waals surface area (Å²) in [6, 6.07) is 4.93. The van der Waals surface area contributed by atoms with Gasteiger partial charge in [-0.25, -0.2) is 4.39 Å². The quantitative estimate of drug-likeness (QED) is 0.909. The van der Waals surface area contributed by atoms with Crippen LogP contribution in [0.15, 0.2) is 18.2 Å². The Bertz CT molecular complexity index is 492. The van der Waals surface area contributed by atoms with Gasteiger partial charge in [0, 0.05) is 12.1 Å². The topological polar surface area (TPSA) is 49.8 Å². The molecule has 1 unspecified atom stereocenters. The molecular formula is C14H18FNO3. The van der Waals surface area contributed by atoms with Gasteiger partial charge in [-0.3, -0.25) is 9.69 Å². The predicted molar refractivity (Wildman–Crippen MR) is 68.6 cm³/mol. The summed E-state index contributed by atoms with van der Waals surface area (Å²) in [5.41, 5.74) is -0.441. The average Bonchev–Trinajstić information content (AvgIpc) is 2.75. The Labute approximate surface area is 111 Å². The number of hydrogen-bond acceptors (Lipinski definition) is 3. The molecule has 19 heavy (non-hydrogen) atoms. The number of aliphatic carboxylic acids is 1. The third kappa shape index (κ3) is 2.42. The first-order valence-electron chi connectivity index (χ1n) is 6.29. The maximum absolute atomic E-state index is 14.1. The Morgan fingerprint density at radius 1 is 1.58 bits per heavy atom. The van der Waals surface area contributed by atoms with E-state index < -0.39 is 17.3 Å². The van der Waals surface area contributed by atoms with Gasteiger partial charge in [0.15, 0.2) is 11.6 Å². The van der Waals surface area contributed by atoms with Gasteiger partial charge in [0.05, 0.1) is 7.11 Å². The van der Waals surface area contributed by atoms with Crippen molar-refractivity contribution >= 4 is 5.97 Å². The van der Waals surface area contributed by atoms with Crippen LogP contribution in [0.25, 0.3) is 0 Å². The number of carbonyl (C=O) groups is 1. The number of carboxylic acids is 1. The highest BCUT2D eigenvalue weighted by molar-refractivity contribution is 5.78. The molecule has 1 aliphatic rings. The molecule has 1 aromatic carbocycles. The first-order valence-corrected chi connectivity index (χ1v) is 6.29. The Morgan fingerprint density at radius 2 is 2.32 bits per heavy atom. The van der Waals surface area contributed by atoms with Crippen LogP contribution < -0.4 is 4.74 Å². The SMILES string of the molecule is COc1cccc(CN2CCCC2(C)C(=O)O)c1F. The molecule has 1 fully saturated rings. The van der Waals surface area contributed by atoms with Crippen LogP contribution in [0.4, 0.5) is 4.39 Å². The van der Waals surface area contributed by atoms with Gasteiger partial charge in [-0.2, -0.15) is 0 Å². The summed E-state index contributed by atoms with van der Waals surface area (Å²) in [7, 11) is 1.42. The largest absolute Gasteiger partial charge is 0.494 e. The molecule has 1 saturated heterocycles. The van der Waals surface area contributed by atoms with Gasteiger partial charge in [-0.15, -0.1) is 0 Å². The van der Waals surface area contributed by atoms with E-state index >= 15 is 0 Å². The third-order valence-corrected chi connectivity index (χ3v) is 3.87. The van der Waals surface area contributed by atoms with E-state index in [2.05, 4.69) is 0 Å². The number of methoxy groups -OCH3 is 1. The molecule has 0 radical (unpaired) electrons. The molecule has 0 bridgehead atoms. The molecule has 4 nitrogen and oxygen atoms in total. The molecule has 0 aliphatic carbocycles. The van der Waals surface area contributed by atoms with Crippen molar-refractivity contribution in [1.29, 1.82) is 0 Å². The summed E-state index contributed by atoms with van der Waals surface area (Å²) in [6.07, 6.45) is 1.41. The molecule has 0 amide bonds. The van der Waals surface area contributed by atoms with Gasteiger partial charge in [0.25, 0.3) is 0 Å². The molecule has 1 aliphatic heterocycles. The molecule has 1 aromatic rings. The van der Waals surface area contributed by atoms with Gasteiger partial charge in [0.1, 0.15) is 5.54 Å². The van der Waals surface area contributed by atoms with E-state index in [4.69, 9.17) is 4.74 Å². The van der Waals surface area contributed by atoms with E-state index in [9.17, 15) is 14.3 Å². The minimum Gasteiger partial charge on any atom is -0.494 e. The van der Waals surface area contributed by atoms with Gasteiger partial charge in [0.2, 0.25) is 0 Å². The van der Waals surface area contributed by atoms with E-state index in [1.54, 1.807) is 25.1 Å². The monoisotopic (exact) mass is 267 g/mol. The van der Waals surface area contributed by atoms with Crippen LogP contribution in [0.2, 0.25) is 0 Å². The minimum atomic E-state index is -0.907. The minimum absolute atomic E-state index is 0.189. The van der Waals surface area contributed by atoms with Crippen LogP contribution in [-0.2, 0) is 11.3 Å². The Kier molecular flexibility index (Phi) is 3.75. The zero-order valence-electron chi connectivity index (χ0n) is 11.1. The normalized spacial score (nSPS) is 23.5. The summed E-state index contributed by atoms with van der Waals surface area (Å²) in [5, 5.41) is 9.33. The molecule has 1 N–H and O–H groups in total. The van der Waals surface area contributed by atoms with Crippen LogP contribution in [0.3, 0.4) is 0 Å². The molecule has 1 atom stereocenters. The lowest BCUT2D eigenvalue weighted by Crippen LogP contribution is -2.47. The van der Waals surface area contributed by atoms with E-state index in [0.717, 1.165) is 6.42 Å². The van der Waals surface area contributed by atoms with E-state index in [-0.39, 0.29) is 12.3 Å². The highest BCUT2D eigenvalue weighted by Crippen LogP contribution is 2.32. The summed E-state index contributed by atoms with van der Waals surface area (Å²) < 4.78 is 19.0. The Morgan fingerprint density at radius 3 is 2.95 bits per heavy atom. The average molecular weight is 267 g/mol. The fourth-order valence-electron chi connectivity index (χ4n) is 2.56. The van der Waals surface area contributed by atoms with Crippen LogP contribution in [-0.4, -0.2) is 35.2 Å². The zero-order chi connectivity index (χ0) is 14.0. The molecule has 0 saturated carbocycles. The van der Waals surface area contributed by atoms with Crippen molar-refractivity contribution in [2.45, 2.75) is 31.8 Å². The smallest absolute Gasteiger partial charge is 0.323 e. The van der Waals surface area contributed by atoms with Crippen molar-refractivity contribution in [3.05, 3.63) is 29.6 Å². The second-order valence-electron chi connectivity index (χ2n) is 5.04. The van der Waals surface area contributed by atoms with Crippen molar-refractivity contribution in [3.8, 4) is 5.75 Å². The van der Waals surface area contributed by atoms with Crippen molar-refractivity contribution in [3.63, 3.8) is 0 Å². The zero-order valence-corrected chi connectivity index (χ0v) is 11.1. The molecule has 2 rings (SSSR count). The maximum atomic E-state index is 14.1. The second-order valence-corrected chi connectivity index (χ2v) is 5.04. The lowest BCUT2D eigenvalue weighted by atomic mass is 9.99. The highest BCUT2D eigenvalue weighted by atomic mass is 19.1. The fraction of sp³-hybridized carbons (Fsp3) is 0.500. The Hall–Kier alpha value is -1.62. The van der Waals surface area contributed by atoms with Gasteiger partial charge >= 0.3 is 5.97 Å².